The molecule has 2 N–H and O–H groups in total. The van der Waals surface area contributed by atoms with Crippen LogP contribution in [0.2, 0.25) is 0 Å². The molecule has 0 unspecified atom stereocenters. The molecule has 9 heavy (non-hydrogen) atoms. The Labute approximate surface area is 58.4 Å². The number of hydrogen-bond donors (Lipinski definition) is 1. The zero-order valence-corrected chi connectivity index (χ0v) is 6.81. The third-order valence-electron chi connectivity index (χ3n) is 0.697. The second-order valence-corrected chi connectivity index (χ2v) is 1.61. The standard InChI is InChI=1S/C6H14O.CH5N/c1-3-5-7-6-4-2;1-2/h3-6H2,1-2H3;2H2,1H3. The minimum Gasteiger partial charge on any atom is -0.381 e. The van der Waals surface area contributed by atoms with Gasteiger partial charge in [0.2, 0.25) is 0 Å². The third-order valence-corrected chi connectivity index (χ3v) is 0.697. The average Bonchev–Trinajstić information content (AvgIpc) is 1.94. The van der Waals surface area contributed by atoms with Crippen molar-refractivity contribution in [2.24, 2.45) is 5.73 Å². The van der Waals surface area contributed by atoms with Gasteiger partial charge >= 0.3 is 0 Å². The first kappa shape index (κ1) is 11.7. The summed E-state index contributed by atoms with van der Waals surface area (Å²) in [6.07, 6.45) is 2.28. The molecule has 0 rings (SSSR count). The van der Waals surface area contributed by atoms with Gasteiger partial charge in [-0.1, -0.05) is 13.8 Å². The van der Waals surface area contributed by atoms with Crippen molar-refractivity contribution in [3.05, 3.63) is 0 Å². The van der Waals surface area contributed by atoms with Gasteiger partial charge in [-0.15, -0.1) is 0 Å². The quantitative estimate of drug-likeness (QED) is 0.588. The minimum atomic E-state index is 0.924. The molecule has 0 atom stereocenters. The summed E-state index contributed by atoms with van der Waals surface area (Å²) in [4.78, 5) is 0. The normalized spacial score (nSPS) is 8.00. The molecule has 0 fully saturated rings. The highest BCUT2D eigenvalue weighted by Crippen LogP contribution is 1.81. The van der Waals surface area contributed by atoms with E-state index in [1.807, 2.05) is 0 Å². The monoisotopic (exact) mass is 133 g/mol. The van der Waals surface area contributed by atoms with Crippen LogP contribution in [0.1, 0.15) is 26.7 Å². The molecule has 0 radical (unpaired) electrons. The maximum absolute atomic E-state index is 5.13. The molecular weight excluding hydrogens is 114 g/mol. The van der Waals surface area contributed by atoms with E-state index in [0.717, 1.165) is 26.1 Å². The second kappa shape index (κ2) is 15.7. The summed E-state index contributed by atoms with van der Waals surface area (Å²) in [5.41, 5.74) is 4.50. The Kier molecular flexibility index (Phi) is 20.3. The summed E-state index contributed by atoms with van der Waals surface area (Å²) in [6, 6.07) is 0. The van der Waals surface area contributed by atoms with Gasteiger partial charge in [0, 0.05) is 13.2 Å². The van der Waals surface area contributed by atoms with E-state index in [-0.39, 0.29) is 0 Å². The van der Waals surface area contributed by atoms with Crippen molar-refractivity contribution in [2.45, 2.75) is 26.7 Å². The average molecular weight is 133 g/mol. The molecule has 0 aromatic heterocycles. The van der Waals surface area contributed by atoms with Crippen LogP contribution in [0.15, 0.2) is 0 Å². The van der Waals surface area contributed by atoms with E-state index in [0.29, 0.717) is 0 Å². The van der Waals surface area contributed by atoms with Crippen LogP contribution in [0.3, 0.4) is 0 Å². The molecule has 2 nitrogen and oxygen atoms in total. The molecule has 0 aliphatic carbocycles. The van der Waals surface area contributed by atoms with E-state index in [1.165, 1.54) is 7.05 Å². The smallest absolute Gasteiger partial charge is 0.0463 e. The van der Waals surface area contributed by atoms with Crippen LogP contribution in [-0.2, 0) is 4.74 Å². The molecule has 0 aromatic carbocycles. The Morgan fingerprint density at radius 1 is 1.00 bits per heavy atom. The van der Waals surface area contributed by atoms with Crippen molar-refractivity contribution in [1.29, 1.82) is 0 Å². The lowest BCUT2D eigenvalue weighted by molar-refractivity contribution is 0.135. The van der Waals surface area contributed by atoms with E-state index in [9.17, 15) is 0 Å². The summed E-state index contributed by atoms with van der Waals surface area (Å²) in [6.45, 7) is 6.09. The molecular formula is C7H19NO. The highest BCUT2D eigenvalue weighted by atomic mass is 16.5. The Bertz CT molecular complexity index is 28.1. The van der Waals surface area contributed by atoms with Crippen molar-refractivity contribution in [2.75, 3.05) is 20.3 Å². The topological polar surface area (TPSA) is 35.2 Å². The molecule has 0 aliphatic heterocycles. The summed E-state index contributed by atoms with van der Waals surface area (Å²) >= 11 is 0. The lowest BCUT2D eigenvalue weighted by atomic mass is 10.5. The van der Waals surface area contributed by atoms with Crippen molar-refractivity contribution in [1.82, 2.24) is 0 Å². The van der Waals surface area contributed by atoms with E-state index in [4.69, 9.17) is 4.74 Å². The highest BCUT2D eigenvalue weighted by molar-refractivity contribution is 4.25. The van der Waals surface area contributed by atoms with Crippen LogP contribution in [0.25, 0.3) is 0 Å². The van der Waals surface area contributed by atoms with Gasteiger partial charge in [-0.05, 0) is 19.9 Å². The van der Waals surface area contributed by atoms with Gasteiger partial charge in [0.05, 0.1) is 0 Å². The fourth-order valence-corrected chi connectivity index (χ4v) is 0.391. The van der Waals surface area contributed by atoms with E-state index in [1.54, 1.807) is 0 Å². The number of ether oxygens (including phenoxy) is 1. The maximum Gasteiger partial charge on any atom is 0.0463 e. The van der Waals surface area contributed by atoms with Crippen LogP contribution in [0.4, 0.5) is 0 Å². The van der Waals surface area contributed by atoms with Crippen molar-refractivity contribution < 1.29 is 4.74 Å². The van der Waals surface area contributed by atoms with Crippen LogP contribution in [-0.4, -0.2) is 20.3 Å². The maximum atomic E-state index is 5.13. The molecule has 0 aromatic rings. The second-order valence-electron chi connectivity index (χ2n) is 1.61. The zero-order chi connectivity index (χ0) is 7.54. The largest absolute Gasteiger partial charge is 0.381 e. The third kappa shape index (κ3) is 18.1. The van der Waals surface area contributed by atoms with Gasteiger partial charge in [-0.25, -0.2) is 0 Å². The zero-order valence-electron chi connectivity index (χ0n) is 6.81. The Hall–Kier alpha value is -0.0800. The Morgan fingerprint density at radius 3 is 1.56 bits per heavy atom. The van der Waals surface area contributed by atoms with E-state index >= 15 is 0 Å². The molecule has 0 heterocycles. The highest BCUT2D eigenvalue weighted by Gasteiger charge is 1.77. The van der Waals surface area contributed by atoms with E-state index in [2.05, 4.69) is 19.6 Å². The molecule has 0 spiro atoms. The van der Waals surface area contributed by atoms with Gasteiger partial charge in [-0.3, -0.25) is 0 Å². The molecule has 0 aliphatic rings. The summed E-state index contributed by atoms with van der Waals surface area (Å²) < 4.78 is 5.13. The SMILES string of the molecule is CCCOCCC.CN. The summed E-state index contributed by atoms with van der Waals surface area (Å²) in [5, 5.41) is 0. The number of hydrogen-bond acceptors (Lipinski definition) is 2. The predicted octanol–water partition coefficient (Wildman–Crippen LogP) is 1.40. The van der Waals surface area contributed by atoms with Gasteiger partial charge in [-0.2, -0.15) is 0 Å². The molecule has 58 valence electrons. The first-order chi connectivity index (χ1) is 4.41. The van der Waals surface area contributed by atoms with Crippen molar-refractivity contribution in [3.63, 3.8) is 0 Å². The molecule has 0 saturated carbocycles. The van der Waals surface area contributed by atoms with Crippen LogP contribution in [0, 0.1) is 0 Å². The first-order valence-electron chi connectivity index (χ1n) is 3.57. The fraction of sp³-hybridized carbons (Fsp3) is 1.00. The number of rotatable bonds is 4. The predicted molar refractivity (Wildman–Crippen MR) is 41.5 cm³/mol. The van der Waals surface area contributed by atoms with Gasteiger partial charge in [0.15, 0.2) is 0 Å². The minimum absolute atomic E-state index is 0.924. The van der Waals surface area contributed by atoms with E-state index < -0.39 is 0 Å². The Morgan fingerprint density at radius 2 is 1.33 bits per heavy atom. The molecule has 0 saturated heterocycles. The lowest BCUT2D eigenvalue weighted by Gasteiger charge is -1.95. The number of nitrogens with two attached hydrogens (primary N) is 1. The van der Waals surface area contributed by atoms with Crippen LogP contribution >= 0.6 is 0 Å². The van der Waals surface area contributed by atoms with Crippen LogP contribution in [0.5, 0.6) is 0 Å². The van der Waals surface area contributed by atoms with Gasteiger partial charge in [0.1, 0.15) is 0 Å². The molecule has 0 bridgehead atoms. The molecule has 2 heteroatoms. The summed E-state index contributed by atoms with van der Waals surface area (Å²) in [5.74, 6) is 0. The van der Waals surface area contributed by atoms with Crippen molar-refractivity contribution in [3.8, 4) is 0 Å². The van der Waals surface area contributed by atoms with Gasteiger partial charge < -0.3 is 10.5 Å². The molecule has 0 amide bonds. The Balaban J connectivity index is 0. The summed E-state index contributed by atoms with van der Waals surface area (Å²) in [7, 11) is 1.50. The fourth-order valence-electron chi connectivity index (χ4n) is 0.391. The van der Waals surface area contributed by atoms with Crippen LogP contribution < -0.4 is 5.73 Å². The lowest BCUT2D eigenvalue weighted by Crippen LogP contribution is -1.92. The van der Waals surface area contributed by atoms with Crippen molar-refractivity contribution >= 4 is 0 Å². The first-order valence-corrected chi connectivity index (χ1v) is 3.57. The van der Waals surface area contributed by atoms with Gasteiger partial charge in [0.25, 0.3) is 0 Å².